The summed E-state index contributed by atoms with van der Waals surface area (Å²) in [5.41, 5.74) is 3.18. The Kier molecular flexibility index (Phi) is 5.21. The van der Waals surface area contributed by atoms with Crippen LogP contribution < -0.4 is 19.7 Å². The lowest BCUT2D eigenvalue weighted by Gasteiger charge is -2.21. The number of fused-ring (bicyclic) bond motifs is 1. The average Bonchev–Trinajstić information content (AvgIpc) is 2.99. The third kappa shape index (κ3) is 3.14. The summed E-state index contributed by atoms with van der Waals surface area (Å²) in [5.74, 6) is 0.483. The Morgan fingerprint density at radius 2 is 1.73 bits per heavy atom. The molecule has 138 valence electrons. The standard InChI is InChI=1S/C20H24N2O4/c1-5-22(6-2)14-9-7-13(8-10-14)21-19-15-11-12-16(24-3)18(25-4)17(15)20(23)26-19/h7-12,19,21H,5-6H2,1-4H3/t19-/m0/s1. The van der Waals surface area contributed by atoms with E-state index >= 15 is 0 Å². The molecule has 26 heavy (non-hydrogen) atoms. The maximum atomic E-state index is 12.3. The molecule has 2 aromatic carbocycles. The van der Waals surface area contributed by atoms with Crippen LogP contribution in [0, 0.1) is 0 Å². The molecule has 2 aromatic rings. The van der Waals surface area contributed by atoms with Crippen LogP contribution in [-0.4, -0.2) is 33.3 Å². The molecule has 0 aromatic heterocycles. The summed E-state index contributed by atoms with van der Waals surface area (Å²) in [5, 5.41) is 3.26. The van der Waals surface area contributed by atoms with Gasteiger partial charge < -0.3 is 24.4 Å². The number of carbonyl (C=O) groups excluding carboxylic acids is 1. The van der Waals surface area contributed by atoms with Gasteiger partial charge in [0.1, 0.15) is 5.56 Å². The number of carbonyl (C=O) groups is 1. The molecule has 0 saturated heterocycles. The molecule has 0 fully saturated rings. The van der Waals surface area contributed by atoms with Crippen LogP contribution in [0.4, 0.5) is 11.4 Å². The molecular formula is C20H24N2O4. The molecule has 0 saturated carbocycles. The van der Waals surface area contributed by atoms with Crippen molar-refractivity contribution in [3.63, 3.8) is 0 Å². The van der Waals surface area contributed by atoms with Gasteiger partial charge in [-0.25, -0.2) is 4.79 Å². The third-order valence-electron chi connectivity index (χ3n) is 4.58. The first-order valence-electron chi connectivity index (χ1n) is 8.70. The highest BCUT2D eigenvalue weighted by Crippen LogP contribution is 2.42. The van der Waals surface area contributed by atoms with E-state index in [4.69, 9.17) is 14.2 Å². The molecule has 1 atom stereocenters. The maximum absolute atomic E-state index is 12.3. The molecule has 0 unspecified atom stereocenters. The molecule has 0 spiro atoms. The highest BCUT2D eigenvalue weighted by Gasteiger charge is 2.35. The monoisotopic (exact) mass is 356 g/mol. The van der Waals surface area contributed by atoms with Crippen LogP contribution in [0.3, 0.4) is 0 Å². The fraction of sp³-hybridized carbons (Fsp3) is 0.350. The second-order valence-corrected chi connectivity index (χ2v) is 5.91. The molecule has 1 heterocycles. The van der Waals surface area contributed by atoms with Crippen molar-refractivity contribution in [3.8, 4) is 11.5 Å². The molecule has 1 aliphatic rings. The van der Waals surface area contributed by atoms with Crippen LogP contribution in [0.1, 0.15) is 36.0 Å². The minimum absolute atomic E-state index is 0.399. The summed E-state index contributed by atoms with van der Waals surface area (Å²) >= 11 is 0. The first-order valence-corrected chi connectivity index (χ1v) is 8.70. The third-order valence-corrected chi connectivity index (χ3v) is 4.58. The van der Waals surface area contributed by atoms with E-state index in [0.717, 1.165) is 30.0 Å². The Bertz CT molecular complexity index is 785. The molecule has 0 amide bonds. The van der Waals surface area contributed by atoms with Gasteiger partial charge in [0, 0.05) is 30.0 Å². The van der Waals surface area contributed by atoms with Crippen LogP contribution in [0.5, 0.6) is 11.5 Å². The van der Waals surface area contributed by atoms with Gasteiger partial charge in [0.05, 0.1) is 14.2 Å². The van der Waals surface area contributed by atoms with Gasteiger partial charge in [-0.05, 0) is 50.2 Å². The number of hydrogen-bond donors (Lipinski definition) is 1. The Labute approximate surface area is 153 Å². The topological polar surface area (TPSA) is 60.0 Å². The lowest BCUT2D eigenvalue weighted by atomic mass is 10.1. The fourth-order valence-electron chi connectivity index (χ4n) is 3.22. The van der Waals surface area contributed by atoms with Gasteiger partial charge in [-0.3, -0.25) is 0 Å². The van der Waals surface area contributed by atoms with Crippen molar-refractivity contribution >= 4 is 17.3 Å². The Balaban J connectivity index is 1.84. The average molecular weight is 356 g/mol. The molecule has 0 bridgehead atoms. The Morgan fingerprint density at radius 3 is 2.31 bits per heavy atom. The number of anilines is 2. The number of rotatable bonds is 7. The highest BCUT2D eigenvalue weighted by atomic mass is 16.6. The zero-order valence-corrected chi connectivity index (χ0v) is 15.5. The normalized spacial score (nSPS) is 15.2. The first-order chi connectivity index (χ1) is 12.6. The lowest BCUT2D eigenvalue weighted by molar-refractivity contribution is 0.0435. The quantitative estimate of drug-likeness (QED) is 0.761. The van der Waals surface area contributed by atoms with Crippen LogP contribution in [0.2, 0.25) is 0 Å². The van der Waals surface area contributed by atoms with Gasteiger partial charge >= 0.3 is 5.97 Å². The van der Waals surface area contributed by atoms with Crippen molar-refractivity contribution in [1.82, 2.24) is 0 Å². The van der Waals surface area contributed by atoms with Gasteiger partial charge in [0.2, 0.25) is 6.23 Å². The van der Waals surface area contributed by atoms with Crippen LogP contribution in [-0.2, 0) is 4.74 Å². The molecule has 6 nitrogen and oxygen atoms in total. The summed E-state index contributed by atoms with van der Waals surface area (Å²) in [6.07, 6.45) is -0.559. The molecule has 1 N–H and O–H groups in total. The molecule has 6 heteroatoms. The van der Waals surface area contributed by atoms with Crippen molar-refractivity contribution < 1.29 is 19.0 Å². The second kappa shape index (κ2) is 7.56. The summed E-state index contributed by atoms with van der Waals surface area (Å²) in [4.78, 5) is 14.6. The molecule has 3 rings (SSSR count). The highest BCUT2D eigenvalue weighted by molar-refractivity contribution is 5.98. The molecule has 1 aliphatic heterocycles. The number of nitrogens with zero attached hydrogens (tertiary/aromatic N) is 1. The number of hydrogen-bond acceptors (Lipinski definition) is 6. The summed E-state index contributed by atoms with van der Waals surface area (Å²) in [6.45, 7) is 6.18. The van der Waals surface area contributed by atoms with Gasteiger partial charge in [-0.15, -0.1) is 0 Å². The van der Waals surface area contributed by atoms with E-state index in [9.17, 15) is 4.79 Å². The zero-order chi connectivity index (χ0) is 18.7. The van der Waals surface area contributed by atoms with Crippen molar-refractivity contribution in [2.24, 2.45) is 0 Å². The first kappa shape index (κ1) is 17.9. The number of nitrogens with one attached hydrogen (secondary N) is 1. The summed E-state index contributed by atoms with van der Waals surface area (Å²) < 4.78 is 16.1. The maximum Gasteiger partial charge on any atom is 0.344 e. The van der Waals surface area contributed by atoms with E-state index < -0.39 is 12.2 Å². The Morgan fingerprint density at radius 1 is 1.04 bits per heavy atom. The largest absolute Gasteiger partial charge is 0.493 e. The smallest absolute Gasteiger partial charge is 0.344 e. The van der Waals surface area contributed by atoms with E-state index in [1.165, 1.54) is 14.2 Å². The van der Waals surface area contributed by atoms with Gasteiger partial charge in [-0.2, -0.15) is 0 Å². The van der Waals surface area contributed by atoms with Crippen molar-refractivity contribution in [1.29, 1.82) is 0 Å². The number of esters is 1. The van der Waals surface area contributed by atoms with Crippen LogP contribution >= 0.6 is 0 Å². The molecule has 0 aliphatic carbocycles. The lowest BCUT2D eigenvalue weighted by Crippen LogP contribution is -2.21. The minimum Gasteiger partial charge on any atom is -0.493 e. The van der Waals surface area contributed by atoms with E-state index in [0.29, 0.717) is 17.1 Å². The van der Waals surface area contributed by atoms with Crippen LogP contribution in [0.15, 0.2) is 36.4 Å². The number of methoxy groups -OCH3 is 2. The van der Waals surface area contributed by atoms with Crippen molar-refractivity contribution in [3.05, 3.63) is 47.5 Å². The van der Waals surface area contributed by atoms with E-state index in [1.54, 1.807) is 6.07 Å². The second-order valence-electron chi connectivity index (χ2n) is 5.91. The number of ether oxygens (including phenoxy) is 3. The van der Waals surface area contributed by atoms with Crippen molar-refractivity contribution in [2.75, 3.05) is 37.5 Å². The molecular weight excluding hydrogens is 332 g/mol. The van der Waals surface area contributed by atoms with Crippen molar-refractivity contribution in [2.45, 2.75) is 20.1 Å². The minimum atomic E-state index is -0.559. The predicted molar refractivity (Wildman–Crippen MR) is 101 cm³/mol. The number of cyclic esters (lactones) is 1. The van der Waals surface area contributed by atoms with E-state index in [-0.39, 0.29) is 0 Å². The zero-order valence-electron chi connectivity index (χ0n) is 15.5. The fourth-order valence-corrected chi connectivity index (χ4v) is 3.22. The Hall–Kier alpha value is -2.89. The SMILES string of the molecule is CCN(CC)c1ccc(N[C@H]2OC(=O)c3c2ccc(OC)c3OC)cc1. The number of benzene rings is 2. The van der Waals surface area contributed by atoms with E-state index in [1.807, 2.05) is 18.2 Å². The summed E-state index contributed by atoms with van der Waals surface area (Å²) in [6, 6.07) is 11.7. The van der Waals surface area contributed by atoms with Gasteiger partial charge in [0.15, 0.2) is 11.5 Å². The summed E-state index contributed by atoms with van der Waals surface area (Å²) in [7, 11) is 3.05. The van der Waals surface area contributed by atoms with Crippen LogP contribution in [0.25, 0.3) is 0 Å². The predicted octanol–water partition coefficient (Wildman–Crippen LogP) is 3.83. The van der Waals surface area contributed by atoms with E-state index in [2.05, 4.69) is 36.2 Å². The van der Waals surface area contributed by atoms with Gasteiger partial charge in [0.25, 0.3) is 0 Å². The molecule has 0 radical (unpaired) electrons. The van der Waals surface area contributed by atoms with Gasteiger partial charge in [-0.1, -0.05) is 0 Å².